The monoisotopic (exact) mass is 256 g/mol. The summed E-state index contributed by atoms with van der Waals surface area (Å²) < 4.78 is 0. The van der Waals surface area contributed by atoms with Gasteiger partial charge in [-0.15, -0.1) is 0 Å². The van der Waals surface area contributed by atoms with Gasteiger partial charge in [0.15, 0.2) is 0 Å². The second kappa shape index (κ2) is 5.82. The minimum absolute atomic E-state index is 0.0688. The van der Waals surface area contributed by atoms with Gasteiger partial charge in [-0.1, -0.05) is 23.8 Å². The van der Waals surface area contributed by atoms with E-state index in [0.717, 1.165) is 0 Å². The van der Waals surface area contributed by atoms with E-state index < -0.39 is 0 Å². The summed E-state index contributed by atoms with van der Waals surface area (Å²) >= 11 is 10.5. The molecule has 0 saturated heterocycles. The van der Waals surface area contributed by atoms with Crippen LogP contribution in [0.1, 0.15) is 23.7 Å². The number of thiocarbonyl (C=S) groups is 1. The van der Waals surface area contributed by atoms with Gasteiger partial charge < -0.3 is 11.1 Å². The number of rotatable bonds is 4. The Labute approximate surface area is 105 Å². The molecule has 0 fully saturated rings. The second-order valence-corrected chi connectivity index (χ2v) is 4.51. The minimum Gasteiger partial charge on any atom is -0.393 e. The Balaban J connectivity index is 2.58. The summed E-state index contributed by atoms with van der Waals surface area (Å²) in [6.45, 7) is 1.85. The Hall–Kier alpha value is -1.13. The molecule has 5 heteroatoms. The van der Waals surface area contributed by atoms with Gasteiger partial charge in [-0.25, -0.2) is 0 Å². The average molecular weight is 257 g/mol. The third kappa shape index (κ3) is 4.16. The van der Waals surface area contributed by atoms with Crippen LogP contribution in [0.5, 0.6) is 0 Å². The molecule has 1 aromatic rings. The Morgan fingerprint density at radius 3 is 2.56 bits per heavy atom. The van der Waals surface area contributed by atoms with E-state index in [4.69, 9.17) is 29.6 Å². The topological polar surface area (TPSA) is 55.1 Å². The summed E-state index contributed by atoms with van der Waals surface area (Å²) in [6, 6.07) is 6.63. The lowest BCUT2D eigenvalue weighted by atomic mass is 10.2. The van der Waals surface area contributed by atoms with Crippen molar-refractivity contribution in [3.05, 3.63) is 34.9 Å². The third-order valence-corrected chi connectivity index (χ3v) is 2.41. The number of hydrogen-bond donors (Lipinski definition) is 2. The number of nitrogens with two attached hydrogens (primary N) is 1. The first kappa shape index (κ1) is 12.9. The van der Waals surface area contributed by atoms with Gasteiger partial charge in [0.2, 0.25) is 0 Å². The fourth-order valence-corrected chi connectivity index (χ4v) is 1.64. The van der Waals surface area contributed by atoms with Crippen molar-refractivity contribution in [2.75, 3.05) is 0 Å². The first-order chi connectivity index (χ1) is 7.49. The zero-order valence-corrected chi connectivity index (χ0v) is 10.4. The van der Waals surface area contributed by atoms with E-state index in [1.165, 1.54) is 0 Å². The maximum Gasteiger partial charge on any atom is 0.251 e. The summed E-state index contributed by atoms with van der Waals surface area (Å²) in [5.74, 6) is -0.152. The minimum atomic E-state index is -0.152. The molecule has 0 aliphatic rings. The van der Waals surface area contributed by atoms with E-state index in [-0.39, 0.29) is 11.9 Å². The van der Waals surface area contributed by atoms with Gasteiger partial charge in [0.05, 0.1) is 4.99 Å². The molecule has 0 aromatic heterocycles. The second-order valence-electron chi connectivity index (χ2n) is 3.55. The zero-order chi connectivity index (χ0) is 12.1. The number of benzene rings is 1. The Bertz CT molecular complexity index is 391. The molecule has 1 atom stereocenters. The van der Waals surface area contributed by atoms with Gasteiger partial charge in [0.1, 0.15) is 0 Å². The molecule has 1 rings (SSSR count). The maximum absolute atomic E-state index is 11.7. The van der Waals surface area contributed by atoms with Gasteiger partial charge >= 0.3 is 0 Å². The number of nitrogens with one attached hydrogen (secondary N) is 1. The highest BCUT2D eigenvalue weighted by Gasteiger charge is 2.09. The van der Waals surface area contributed by atoms with Crippen molar-refractivity contribution < 1.29 is 4.79 Å². The summed E-state index contributed by atoms with van der Waals surface area (Å²) in [4.78, 5) is 12.1. The molecule has 0 heterocycles. The van der Waals surface area contributed by atoms with Crippen LogP contribution in [0, 0.1) is 0 Å². The molecule has 16 heavy (non-hydrogen) atoms. The Kier molecular flexibility index (Phi) is 4.71. The number of carbonyl (C=O) groups is 1. The summed E-state index contributed by atoms with van der Waals surface area (Å²) in [5.41, 5.74) is 5.96. The standard InChI is InChI=1S/C11H13ClN2OS/c1-7(6-10(13)16)14-11(15)8-2-4-9(12)5-3-8/h2-5,7H,6H2,1H3,(H2,13,16)(H,14,15). The van der Waals surface area contributed by atoms with E-state index in [1.54, 1.807) is 24.3 Å². The first-order valence-corrected chi connectivity index (χ1v) is 5.62. The highest BCUT2D eigenvalue weighted by Crippen LogP contribution is 2.09. The van der Waals surface area contributed by atoms with E-state index in [9.17, 15) is 4.79 Å². The van der Waals surface area contributed by atoms with Crippen molar-refractivity contribution in [3.8, 4) is 0 Å². The van der Waals surface area contributed by atoms with Crippen LogP contribution in [-0.4, -0.2) is 16.9 Å². The van der Waals surface area contributed by atoms with Crippen molar-refractivity contribution in [3.63, 3.8) is 0 Å². The van der Waals surface area contributed by atoms with Crippen LogP contribution in [-0.2, 0) is 0 Å². The van der Waals surface area contributed by atoms with Gasteiger partial charge in [-0.05, 0) is 31.2 Å². The first-order valence-electron chi connectivity index (χ1n) is 4.84. The summed E-state index contributed by atoms with van der Waals surface area (Å²) in [6.07, 6.45) is 0.495. The van der Waals surface area contributed by atoms with Crippen LogP contribution >= 0.6 is 23.8 Å². The molecule has 0 aliphatic carbocycles. The lowest BCUT2D eigenvalue weighted by Gasteiger charge is -2.12. The maximum atomic E-state index is 11.7. The Morgan fingerprint density at radius 2 is 2.06 bits per heavy atom. The molecule has 1 aromatic carbocycles. The number of hydrogen-bond acceptors (Lipinski definition) is 2. The van der Waals surface area contributed by atoms with Crippen molar-refractivity contribution in [1.82, 2.24) is 5.32 Å². The largest absolute Gasteiger partial charge is 0.393 e. The molecule has 0 spiro atoms. The molecule has 0 aliphatic heterocycles. The number of amides is 1. The van der Waals surface area contributed by atoms with E-state index >= 15 is 0 Å². The molecule has 0 saturated carbocycles. The van der Waals surface area contributed by atoms with Gasteiger partial charge in [-0.2, -0.15) is 0 Å². The van der Waals surface area contributed by atoms with Gasteiger partial charge in [0.25, 0.3) is 5.91 Å². The molecule has 1 unspecified atom stereocenters. The fourth-order valence-electron chi connectivity index (χ4n) is 1.26. The molecular weight excluding hydrogens is 244 g/mol. The van der Waals surface area contributed by atoms with Crippen LogP contribution in [0.4, 0.5) is 0 Å². The Morgan fingerprint density at radius 1 is 1.50 bits per heavy atom. The predicted octanol–water partition coefficient (Wildman–Crippen LogP) is 2.13. The highest BCUT2D eigenvalue weighted by molar-refractivity contribution is 7.80. The molecule has 0 radical (unpaired) electrons. The van der Waals surface area contributed by atoms with Gasteiger partial charge in [-0.3, -0.25) is 4.79 Å². The summed E-state index contributed by atoms with van der Waals surface area (Å²) in [5, 5.41) is 3.40. The molecule has 0 bridgehead atoms. The van der Waals surface area contributed by atoms with Crippen LogP contribution in [0.15, 0.2) is 24.3 Å². The van der Waals surface area contributed by atoms with Crippen LogP contribution < -0.4 is 11.1 Å². The smallest absolute Gasteiger partial charge is 0.251 e. The number of halogens is 1. The van der Waals surface area contributed by atoms with Crippen molar-refractivity contribution >= 4 is 34.7 Å². The van der Waals surface area contributed by atoms with Crippen LogP contribution in [0.2, 0.25) is 5.02 Å². The van der Waals surface area contributed by atoms with E-state index in [0.29, 0.717) is 22.0 Å². The lowest BCUT2D eigenvalue weighted by molar-refractivity contribution is 0.0941. The molecule has 86 valence electrons. The van der Waals surface area contributed by atoms with Crippen LogP contribution in [0.25, 0.3) is 0 Å². The molecule has 1 amide bonds. The van der Waals surface area contributed by atoms with Crippen molar-refractivity contribution in [2.24, 2.45) is 5.73 Å². The van der Waals surface area contributed by atoms with E-state index in [1.807, 2.05) is 6.92 Å². The average Bonchev–Trinajstić information content (AvgIpc) is 2.16. The van der Waals surface area contributed by atoms with Crippen LogP contribution in [0.3, 0.4) is 0 Å². The van der Waals surface area contributed by atoms with Crippen molar-refractivity contribution in [1.29, 1.82) is 0 Å². The quantitative estimate of drug-likeness (QED) is 0.812. The molecule has 3 N–H and O–H groups in total. The van der Waals surface area contributed by atoms with E-state index in [2.05, 4.69) is 5.32 Å². The third-order valence-electron chi connectivity index (χ3n) is 1.99. The lowest BCUT2D eigenvalue weighted by Crippen LogP contribution is -2.35. The zero-order valence-electron chi connectivity index (χ0n) is 8.87. The molecule has 3 nitrogen and oxygen atoms in total. The fraction of sp³-hybridized carbons (Fsp3) is 0.273. The predicted molar refractivity (Wildman–Crippen MR) is 69.8 cm³/mol. The highest BCUT2D eigenvalue weighted by atomic mass is 35.5. The SMILES string of the molecule is CC(CC(N)=S)NC(=O)c1ccc(Cl)cc1. The summed E-state index contributed by atoms with van der Waals surface area (Å²) in [7, 11) is 0. The van der Waals surface area contributed by atoms with Crippen molar-refractivity contribution in [2.45, 2.75) is 19.4 Å². The normalized spacial score (nSPS) is 11.9. The number of carbonyl (C=O) groups excluding carboxylic acids is 1. The molecular formula is C11H13ClN2OS. The van der Waals surface area contributed by atoms with Gasteiger partial charge in [0, 0.05) is 23.0 Å².